The van der Waals surface area contributed by atoms with Crippen molar-refractivity contribution in [1.29, 1.82) is 0 Å². The molecule has 0 aliphatic carbocycles. The molecule has 31 heavy (non-hydrogen) atoms. The van der Waals surface area contributed by atoms with Crippen molar-refractivity contribution in [3.63, 3.8) is 0 Å². The van der Waals surface area contributed by atoms with E-state index in [2.05, 4.69) is 52.4 Å². The van der Waals surface area contributed by atoms with Crippen molar-refractivity contribution in [2.24, 2.45) is 0 Å². The van der Waals surface area contributed by atoms with E-state index in [9.17, 15) is 4.79 Å². The molecule has 0 saturated heterocycles. The van der Waals surface area contributed by atoms with Gasteiger partial charge in [0.1, 0.15) is 0 Å². The minimum Gasteiger partial charge on any atom is -0.348 e. The van der Waals surface area contributed by atoms with E-state index in [1.807, 2.05) is 44.2 Å². The fourth-order valence-electron chi connectivity index (χ4n) is 3.53. The minimum atomic E-state index is -0.0766. The Balaban J connectivity index is 1.47. The van der Waals surface area contributed by atoms with Crippen molar-refractivity contribution in [1.82, 2.24) is 24.9 Å². The van der Waals surface area contributed by atoms with Gasteiger partial charge in [-0.2, -0.15) is 4.98 Å². The Kier molecular flexibility index (Phi) is 6.04. The number of benzene rings is 2. The van der Waals surface area contributed by atoms with Crippen LogP contribution in [0.5, 0.6) is 0 Å². The maximum atomic E-state index is 12.9. The van der Waals surface area contributed by atoms with Gasteiger partial charge in [0, 0.05) is 29.2 Å². The molecule has 4 aromatic rings. The van der Waals surface area contributed by atoms with Crippen molar-refractivity contribution in [3.8, 4) is 0 Å². The summed E-state index contributed by atoms with van der Waals surface area (Å²) in [5.41, 5.74) is 7.06. The number of aryl methyl sites for hydroxylation is 4. The summed E-state index contributed by atoms with van der Waals surface area (Å²) >= 11 is 1.50. The summed E-state index contributed by atoms with van der Waals surface area (Å²) in [4.78, 5) is 21.8. The third-order valence-corrected chi connectivity index (χ3v) is 6.04. The van der Waals surface area contributed by atoms with Gasteiger partial charge >= 0.3 is 0 Å². The summed E-state index contributed by atoms with van der Waals surface area (Å²) in [6.07, 6.45) is 0. The van der Waals surface area contributed by atoms with Gasteiger partial charge in [-0.1, -0.05) is 53.7 Å². The molecule has 6 nitrogen and oxygen atoms in total. The molecule has 0 atom stereocenters. The molecule has 0 fully saturated rings. The van der Waals surface area contributed by atoms with E-state index in [0.29, 0.717) is 28.8 Å². The second-order valence-electron chi connectivity index (χ2n) is 7.70. The number of aromatic nitrogens is 4. The third kappa shape index (κ3) is 4.77. The Morgan fingerprint density at radius 1 is 1.00 bits per heavy atom. The first kappa shape index (κ1) is 21.1. The predicted molar refractivity (Wildman–Crippen MR) is 123 cm³/mol. The summed E-state index contributed by atoms with van der Waals surface area (Å²) in [6.45, 7) is 8.57. The Morgan fingerprint density at radius 3 is 2.61 bits per heavy atom. The van der Waals surface area contributed by atoms with Crippen LogP contribution < -0.4 is 5.32 Å². The second-order valence-corrected chi connectivity index (χ2v) is 8.65. The smallest absolute Gasteiger partial charge is 0.253 e. The molecule has 2 heterocycles. The minimum absolute atomic E-state index is 0.0766. The van der Waals surface area contributed by atoms with Crippen molar-refractivity contribution in [3.05, 3.63) is 87.7 Å². The second kappa shape index (κ2) is 8.89. The highest BCUT2D eigenvalue weighted by atomic mass is 32.2. The van der Waals surface area contributed by atoms with Gasteiger partial charge in [0.05, 0.1) is 0 Å². The lowest BCUT2D eigenvalue weighted by Crippen LogP contribution is -2.24. The molecule has 158 valence electrons. The van der Waals surface area contributed by atoms with Gasteiger partial charge in [-0.05, 0) is 56.5 Å². The van der Waals surface area contributed by atoms with E-state index >= 15 is 0 Å². The van der Waals surface area contributed by atoms with Crippen molar-refractivity contribution >= 4 is 23.4 Å². The van der Waals surface area contributed by atoms with Crippen LogP contribution in [0.15, 0.2) is 53.7 Å². The number of hydrogen-bond donors (Lipinski definition) is 1. The number of nitrogens with one attached hydrogen (secondary N) is 1. The number of nitrogens with zero attached hydrogens (tertiary/aromatic N) is 4. The number of carbonyl (C=O) groups excluding carboxylic acids is 1. The van der Waals surface area contributed by atoms with Crippen LogP contribution in [0.4, 0.5) is 0 Å². The van der Waals surface area contributed by atoms with Crippen LogP contribution in [0.2, 0.25) is 0 Å². The largest absolute Gasteiger partial charge is 0.348 e. The van der Waals surface area contributed by atoms with Crippen molar-refractivity contribution in [2.75, 3.05) is 0 Å². The van der Waals surface area contributed by atoms with Crippen LogP contribution in [0, 0.1) is 27.7 Å². The van der Waals surface area contributed by atoms with Gasteiger partial charge in [0.2, 0.25) is 5.16 Å². The summed E-state index contributed by atoms with van der Waals surface area (Å²) in [5, 5.41) is 8.24. The van der Waals surface area contributed by atoms with Gasteiger partial charge in [-0.3, -0.25) is 4.79 Å². The van der Waals surface area contributed by atoms with Crippen molar-refractivity contribution < 1.29 is 4.79 Å². The SMILES string of the molecule is Cc1ccc(CNC(=O)c2ccccc2CSc2nc3nc(C)cc(C)n3n2)c(C)c1. The standard InChI is InChI=1S/C24H25N5OS/c1-15-9-10-19(16(2)11-15)13-25-22(30)21-8-6-5-7-20(21)14-31-24-27-23-26-17(3)12-18(4)29(23)28-24/h5-12H,13-14H2,1-4H3,(H,25,30). The first-order chi connectivity index (χ1) is 14.9. The summed E-state index contributed by atoms with van der Waals surface area (Å²) in [5.74, 6) is 1.12. The quantitative estimate of drug-likeness (QED) is 0.453. The fraction of sp³-hybridized carbons (Fsp3) is 0.250. The number of rotatable bonds is 6. The monoisotopic (exact) mass is 431 g/mol. The molecule has 7 heteroatoms. The van der Waals surface area contributed by atoms with E-state index in [1.165, 1.54) is 22.9 Å². The molecular weight excluding hydrogens is 406 g/mol. The predicted octanol–water partition coefficient (Wildman–Crippen LogP) is 4.58. The fourth-order valence-corrected chi connectivity index (χ4v) is 4.36. The summed E-state index contributed by atoms with van der Waals surface area (Å²) in [6, 6.07) is 15.9. The molecule has 0 aliphatic heterocycles. The average Bonchev–Trinajstić information content (AvgIpc) is 3.15. The molecule has 0 saturated carbocycles. The maximum Gasteiger partial charge on any atom is 0.253 e. The van der Waals surface area contributed by atoms with E-state index in [0.717, 1.165) is 22.5 Å². The molecule has 0 unspecified atom stereocenters. The Labute approximate surface area is 186 Å². The van der Waals surface area contributed by atoms with Crippen LogP contribution in [0.3, 0.4) is 0 Å². The maximum absolute atomic E-state index is 12.9. The number of thioether (sulfide) groups is 1. The first-order valence-corrected chi connectivity index (χ1v) is 11.2. The van der Waals surface area contributed by atoms with E-state index in [1.54, 1.807) is 4.52 Å². The van der Waals surface area contributed by atoms with Gasteiger partial charge in [-0.25, -0.2) is 9.50 Å². The van der Waals surface area contributed by atoms with Gasteiger partial charge in [0.15, 0.2) is 0 Å². The summed E-state index contributed by atoms with van der Waals surface area (Å²) < 4.78 is 1.75. The molecular formula is C24H25N5OS. The zero-order valence-corrected chi connectivity index (χ0v) is 19.0. The zero-order valence-electron chi connectivity index (χ0n) is 18.1. The average molecular weight is 432 g/mol. The van der Waals surface area contributed by atoms with Crippen molar-refractivity contribution in [2.45, 2.75) is 45.1 Å². The lowest BCUT2D eigenvalue weighted by molar-refractivity contribution is 0.0950. The van der Waals surface area contributed by atoms with Crippen LogP contribution in [0.1, 0.15) is 44.0 Å². The number of fused-ring (bicyclic) bond motifs is 1. The molecule has 1 N–H and O–H groups in total. The van der Waals surface area contributed by atoms with Gasteiger partial charge in [0.25, 0.3) is 11.7 Å². The molecule has 0 radical (unpaired) electrons. The van der Waals surface area contributed by atoms with Gasteiger partial charge in [-0.15, -0.1) is 5.10 Å². The summed E-state index contributed by atoms with van der Waals surface area (Å²) in [7, 11) is 0. The third-order valence-electron chi connectivity index (χ3n) is 5.16. The van der Waals surface area contributed by atoms with E-state index < -0.39 is 0 Å². The Bertz CT molecular complexity index is 1260. The lowest BCUT2D eigenvalue weighted by atomic mass is 10.1. The molecule has 0 spiro atoms. The molecule has 2 aromatic heterocycles. The van der Waals surface area contributed by atoms with E-state index in [4.69, 9.17) is 0 Å². The van der Waals surface area contributed by atoms with Crippen LogP contribution in [0.25, 0.3) is 5.78 Å². The zero-order chi connectivity index (χ0) is 22.0. The molecule has 1 amide bonds. The Hall–Kier alpha value is -3.19. The number of amides is 1. The van der Waals surface area contributed by atoms with Crippen LogP contribution >= 0.6 is 11.8 Å². The highest BCUT2D eigenvalue weighted by Crippen LogP contribution is 2.23. The lowest BCUT2D eigenvalue weighted by Gasteiger charge is -2.11. The highest BCUT2D eigenvalue weighted by molar-refractivity contribution is 7.98. The van der Waals surface area contributed by atoms with Gasteiger partial charge < -0.3 is 5.32 Å². The highest BCUT2D eigenvalue weighted by Gasteiger charge is 2.14. The first-order valence-electron chi connectivity index (χ1n) is 10.2. The van der Waals surface area contributed by atoms with Crippen LogP contribution in [-0.2, 0) is 12.3 Å². The number of hydrogen-bond acceptors (Lipinski definition) is 5. The molecule has 0 bridgehead atoms. The Morgan fingerprint density at radius 2 is 1.81 bits per heavy atom. The van der Waals surface area contributed by atoms with E-state index in [-0.39, 0.29) is 5.91 Å². The molecule has 2 aromatic carbocycles. The molecule has 0 aliphatic rings. The topological polar surface area (TPSA) is 72.2 Å². The molecule has 4 rings (SSSR count). The number of carbonyl (C=O) groups is 1. The van der Waals surface area contributed by atoms with Crippen LogP contribution in [-0.4, -0.2) is 25.5 Å². The normalized spacial score (nSPS) is 11.1.